The molecule has 0 saturated heterocycles. The number of hydrogen-bond donors (Lipinski definition) is 2. The van der Waals surface area contributed by atoms with Crippen LogP contribution in [0.3, 0.4) is 0 Å². The highest BCUT2D eigenvalue weighted by molar-refractivity contribution is 5.64. The fraction of sp³-hybridized carbons (Fsp3) is 0.444. The molecule has 0 amide bonds. The summed E-state index contributed by atoms with van der Waals surface area (Å²) in [6.45, 7) is 2.55. The minimum atomic E-state index is 0.602. The highest BCUT2D eigenvalue weighted by atomic mass is 16.5. The summed E-state index contributed by atoms with van der Waals surface area (Å²) in [5.74, 6) is 1.42. The molecule has 0 aliphatic rings. The number of aromatic nitrogens is 4. The van der Waals surface area contributed by atoms with Crippen molar-refractivity contribution in [3.63, 3.8) is 0 Å². The molecular formula is C9H14N6O. The van der Waals surface area contributed by atoms with Crippen LogP contribution in [0.2, 0.25) is 0 Å². The molecular weight excluding hydrogens is 208 g/mol. The van der Waals surface area contributed by atoms with E-state index in [-0.39, 0.29) is 0 Å². The van der Waals surface area contributed by atoms with Gasteiger partial charge in [-0.1, -0.05) is 5.16 Å². The lowest BCUT2D eigenvalue weighted by atomic mass is 10.3. The van der Waals surface area contributed by atoms with E-state index in [1.807, 2.05) is 14.0 Å². The number of hydrogen-bond acceptors (Lipinski definition) is 6. The lowest BCUT2D eigenvalue weighted by molar-refractivity contribution is 0.379. The van der Waals surface area contributed by atoms with E-state index in [0.717, 1.165) is 11.5 Å². The molecule has 0 unspecified atom stereocenters. The van der Waals surface area contributed by atoms with Crippen LogP contribution in [0.15, 0.2) is 10.9 Å². The van der Waals surface area contributed by atoms with Gasteiger partial charge in [0.1, 0.15) is 5.82 Å². The van der Waals surface area contributed by atoms with E-state index in [0.29, 0.717) is 24.5 Å². The fourth-order valence-corrected chi connectivity index (χ4v) is 1.48. The predicted molar refractivity (Wildman–Crippen MR) is 58.8 cm³/mol. The molecule has 0 spiro atoms. The van der Waals surface area contributed by atoms with Gasteiger partial charge >= 0.3 is 0 Å². The van der Waals surface area contributed by atoms with Crippen LogP contribution in [0.5, 0.6) is 0 Å². The van der Waals surface area contributed by atoms with E-state index < -0.39 is 0 Å². The van der Waals surface area contributed by atoms with E-state index >= 15 is 0 Å². The van der Waals surface area contributed by atoms with E-state index in [2.05, 4.69) is 20.6 Å². The van der Waals surface area contributed by atoms with Gasteiger partial charge in [0.15, 0.2) is 6.33 Å². The molecule has 2 rings (SSSR count). The number of nitrogens with zero attached hydrogens (tertiary/aromatic N) is 4. The van der Waals surface area contributed by atoms with Crippen LogP contribution < -0.4 is 11.1 Å². The monoisotopic (exact) mass is 222 g/mol. The topological polar surface area (TPSA) is 94.8 Å². The minimum absolute atomic E-state index is 0.602. The number of rotatable bonds is 4. The van der Waals surface area contributed by atoms with E-state index in [4.69, 9.17) is 10.3 Å². The second-order valence-electron chi connectivity index (χ2n) is 3.48. The van der Waals surface area contributed by atoms with Crippen molar-refractivity contribution in [2.75, 3.05) is 17.6 Å². The second kappa shape index (κ2) is 4.21. The van der Waals surface area contributed by atoms with Crippen molar-refractivity contribution in [1.29, 1.82) is 0 Å². The quantitative estimate of drug-likeness (QED) is 0.775. The smallest absolute Gasteiger partial charge is 0.228 e. The highest BCUT2D eigenvalue weighted by Gasteiger charge is 2.09. The Hall–Kier alpha value is -2.05. The van der Waals surface area contributed by atoms with Gasteiger partial charge in [-0.3, -0.25) is 4.68 Å². The van der Waals surface area contributed by atoms with Gasteiger partial charge in [0.05, 0.1) is 11.4 Å². The Morgan fingerprint density at radius 3 is 2.94 bits per heavy atom. The fourth-order valence-electron chi connectivity index (χ4n) is 1.48. The summed E-state index contributed by atoms with van der Waals surface area (Å²) in [7, 11) is 1.85. The number of nitrogens with two attached hydrogens (primary N) is 1. The number of aryl methyl sites for hydroxylation is 2. The summed E-state index contributed by atoms with van der Waals surface area (Å²) < 4.78 is 6.60. The Balaban J connectivity index is 1.95. The Bertz CT molecular complexity index is 461. The van der Waals surface area contributed by atoms with Gasteiger partial charge in [-0.15, -0.1) is 0 Å². The van der Waals surface area contributed by atoms with Crippen molar-refractivity contribution in [1.82, 2.24) is 19.9 Å². The molecule has 0 radical (unpaired) electrons. The Morgan fingerprint density at radius 2 is 2.38 bits per heavy atom. The van der Waals surface area contributed by atoms with Crippen LogP contribution in [-0.4, -0.2) is 26.5 Å². The third-order valence-electron chi connectivity index (χ3n) is 2.31. The lowest BCUT2D eigenvalue weighted by Crippen LogP contribution is -2.10. The first kappa shape index (κ1) is 10.5. The Labute approximate surface area is 92.6 Å². The predicted octanol–water partition coefficient (Wildman–Crippen LogP) is 0.348. The molecule has 86 valence electrons. The Kier molecular flexibility index (Phi) is 2.76. The van der Waals surface area contributed by atoms with Crippen molar-refractivity contribution < 1.29 is 4.52 Å². The molecule has 0 aliphatic carbocycles. The number of nitrogens with one attached hydrogen (secondary N) is 1. The van der Waals surface area contributed by atoms with E-state index in [1.54, 1.807) is 4.68 Å². The number of anilines is 2. The van der Waals surface area contributed by atoms with Gasteiger partial charge in [0.25, 0.3) is 0 Å². The normalized spacial score (nSPS) is 10.6. The SMILES string of the molecule is Cc1nn(C)c(NCCc2ncno2)c1N. The highest BCUT2D eigenvalue weighted by Crippen LogP contribution is 2.20. The molecule has 16 heavy (non-hydrogen) atoms. The molecule has 2 aromatic rings. The molecule has 0 atom stereocenters. The van der Waals surface area contributed by atoms with Crippen molar-refractivity contribution in [2.45, 2.75) is 13.3 Å². The van der Waals surface area contributed by atoms with Crippen LogP contribution >= 0.6 is 0 Å². The zero-order valence-corrected chi connectivity index (χ0v) is 9.27. The molecule has 2 aromatic heterocycles. The third-order valence-corrected chi connectivity index (χ3v) is 2.31. The average Bonchev–Trinajstić information content (AvgIpc) is 2.82. The van der Waals surface area contributed by atoms with Gasteiger partial charge < -0.3 is 15.6 Å². The van der Waals surface area contributed by atoms with E-state index in [1.165, 1.54) is 6.33 Å². The molecule has 7 heteroatoms. The van der Waals surface area contributed by atoms with Crippen molar-refractivity contribution in [3.8, 4) is 0 Å². The van der Waals surface area contributed by atoms with Crippen LogP contribution in [-0.2, 0) is 13.5 Å². The van der Waals surface area contributed by atoms with Crippen molar-refractivity contribution in [3.05, 3.63) is 17.9 Å². The number of nitrogen functional groups attached to an aromatic ring is 1. The van der Waals surface area contributed by atoms with Gasteiger partial charge in [-0.05, 0) is 6.92 Å². The van der Waals surface area contributed by atoms with E-state index in [9.17, 15) is 0 Å². The molecule has 7 nitrogen and oxygen atoms in total. The van der Waals surface area contributed by atoms with Gasteiger partial charge in [0, 0.05) is 20.0 Å². The van der Waals surface area contributed by atoms with Crippen LogP contribution in [0, 0.1) is 6.92 Å². The zero-order valence-electron chi connectivity index (χ0n) is 9.27. The summed E-state index contributed by atoms with van der Waals surface area (Å²) in [6, 6.07) is 0. The molecule has 2 heterocycles. The summed E-state index contributed by atoms with van der Waals surface area (Å²) >= 11 is 0. The maximum atomic E-state index is 5.87. The molecule has 0 aromatic carbocycles. The largest absolute Gasteiger partial charge is 0.394 e. The Morgan fingerprint density at radius 1 is 1.56 bits per heavy atom. The van der Waals surface area contributed by atoms with Gasteiger partial charge in [-0.25, -0.2) is 0 Å². The maximum Gasteiger partial charge on any atom is 0.228 e. The first-order valence-corrected chi connectivity index (χ1v) is 4.97. The molecule has 0 saturated carbocycles. The van der Waals surface area contributed by atoms with Gasteiger partial charge in [-0.2, -0.15) is 10.1 Å². The van der Waals surface area contributed by atoms with Crippen molar-refractivity contribution in [2.24, 2.45) is 7.05 Å². The van der Waals surface area contributed by atoms with Crippen LogP contribution in [0.25, 0.3) is 0 Å². The molecule has 0 bridgehead atoms. The average molecular weight is 222 g/mol. The molecule has 0 fully saturated rings. The molecule has 3 N–H and O–H groups in total. The summed E-state index contributed by atoms with van der Waals surface area (Å²) in [5.41, 5.74) is 7.36. The second-order valence-corrected chi connectivity index (χ2v) is 3.48. The third kappa shape index (κ3) is 1.97. The lowest BCUT2D eigenvalue weighted by Gasteiger charge is -2.05. The van der Waals surface area contributed by atoms with Crippen LogP contribution in [0.1, 0.15) is 11.6 Å². The zero-order chi connectivity index (χ0) is 11.5. The van der Waals surface area contributed by atoms with Gasteiger partial charge in [0.2, 0.25) is 5.89 Å². The summed E-state index contributed by atoms with van der Waals surface area (Å²) in [4.78, 5) is 3.93. The minimum Gasteiger partial charge on any atom is -0.394 e. The first-order chi connectivity index (χ1) is 7.68. The van der Waals surface area contributed by atoms with Crippen molar-refractivity contribution >= 4 is 11.5 Å². The standard InChI is InChI=1S/C9H14N6O/c1-6-8(10)9(15(2)14-6)11-4-3-7-12-5-13-16-7/h5,11H,3-4,10H2,1-2H3. The first-order valence-electron chi connectivity index (χ1n) is 4.97. The maximum absolute atomic E-state index is 5.87. The summed E-state index contributed by atoms with van der Waals surface area (Å²) in [6.07, 6.45) is 2.04. The summed E-state index contributed by atoms with van der Waals surface area (Å²) in [5, 5.41) is 10.9. The molecule has 0 aliphatic heterocycles. The van der Waals surface area contributed by atoms with Crippen LogP contribution in [0.4, 0.5) is 11.5 Å².